The van der Waals surface area contributed by atoms with Crippen LogP contribution in [0.3, 0.4) is 0 Å². The van der Waals surface area contributed by atoms with Gasteiger partial charge in [0.15, 0.2) is 0 Å². The van der Waals surface area contributed by atoms with Crippen LogP contribution in [0, 0.1) is 0 Å². The Labute approximate surface area is 233 Å². The molecule has 2 aromatic heterocycles. The summed E-state index contributed by atoms with van der Waals surface area (Å²) in [5, 5.41) is 3.99. The number of fused-ring (bicyclic) bond motifs is 1. The molecule has 1 unspecified atom stereocenters. The molecule has 0 radical (unpaired) electrons. The minimum absolute atomic E-state index is 0.395. The fraction of sp³-hybridized carbons (Fsp3) is 0.276. The number of hydrogen-bond donors (Lipinski definition) is 2. The summed E-state index contributed by atoms with van der Waals surface area (Å²) in [4.78, 5) is 38.7. The molecule has 41 heavy (non-hydrogen) atoms. The summed E-state index contributed by atoms with van der Waals surface area (Å²) in [5.41, 5.74) is 2.10. The second-order valence-electron chi connectivity index (χ2n) is 8.88. The highest BCUT2D eigenvalue weighted by Crippen LogP contribution is 2.36. The van der Waals surface area contributed by atoms with Crippen LogP contribution < -0.4 is 14.8 Å². The third kappa shape index (κ3) is 8.13. The molecular weight excluding hydrogens is 543 g/mol. The zero-order valence-electron chi connectivity index (χ0n) is 22.1. The van der Waals surface area contributed by atoms with Gasteiger partial charge in [-0.1, -0.05) is 18.2 Å². The van der Waals surface area contributed by atoms with Gasteiger partial charge in [-0.25, -0.2) is 24.3 Å². The highest BCUT2D eigenvalue weighted by atomic mass is 19.4. The molecule has 0 aliphatic rings. The van der Waals surface area contributed by atoms with Gasteiger partial charge in [0.2, 0.25) is 0 Å². The maximum absolute atomic E-state index is 12.4. The van der Waals surface area contributed by atoms with E-state index in [0.29, 0.717) is 42.4 Å². The van der Waals surface area contributed by atoms with Crippen molar-refractivity contribution in [1.82, 2.24) is 9.97 Å². The summed E-state index contributed by atoms with van der Waals surface area (Å²) in [7, 11) is 0. The normalized spacial score (nSPS) is 12.0. The molecular formula is C29H28F3N3O6. The van der Waals surface area contributed by atoms with Gasteiger partial charge in [-0.05, 0) is 60.9 Å². The van der Waals surface area contributed by atoms with Gasteiger partial charge >= 0.3 is 18.1 Å². The molecule has 2 heterocycles. The van der Waals surface area contributed by atoms with Gasteiger partial charge in [-0.3, -0.25) is 0 Å². The second-order valence-corrected chi connectivity index (χ2v) is 8.88. The lowest BCUT2D eigenvalue weighted by Crippen LogP contribution is -2.27. The zero-order valence-corrected chi connectivity index (χ0v) is 22.1. The number of halogens is 3. The third-order valence-electron chi connectivity index (χ3n) is 6.03. The van der Waals surface area contributed by atoms with Crippen molar-refractivity contribution in [3.8, 4) is 11.5 Å². The van der Waals surface area contributed by atoms with E-state index in [2.05, 4.69) is 25.1 Å². The number of benzene rings is 2. The summed E-state index contributed by atoms with van der Waals surface area (Å²) in [6.07, 6.45) is -1.52. The minimum Gasteiger partial charge on any atom is -0.494 e. The van der Waals surface area contributed by atoms with Gasteiger partial charge in [0, 0.05) is 41.8 Å². The number of rotatable bonds is 12. The number of aromatic amines is 1. The van der Waals surface area contributed by atoms with Crippen molar-refractivity contribution in [3.05, 3.63) is 84.2 Å². The van der Waals surface area contributed by atoms with E-state index >= 15 is 0 Å². The van der Waals surface area contributed by atoms with Crippen molar-refractivity contribution in [2.75, 3.05) is 25.1 Å². The van der Waals surface area contributed by atoms with E-state index in [0.717, 1.165) is 23.1 Å². The Bertz CT molecular complexity index is 1440. The third-order valence-corrected chi connectivity index (χ3v) is 6.03. The van der Waals surface area contributed by atoms with Crippen LogP contribution in [0.5, 0.6) is 11.5 Å². The summed E-state index contributed by atoms with van der Waals surface area (Å²) in [5.74, 6) is -2.35. The first-order valence-corrected chi connectivity index (χ1v) is 12.8. The van der Waals surface area contributed by atoms with E-state index in [9.17, 15) is 22.8 Å². The van der Waals surface area contributed by atoms with Gasteiger partial charge < -0.3 is 19.8 Å². The summed E-state index contributed by atoms with van der Waals surface area (Å²) in [6.45, 7) is 3.46. The quantitative estimate of drug-likeness (QED) is 0.122. The predicted octanol–water partition coefficient (Wildman–Crippen LogP) is 5.93. The number of ether oxygens (including phenoxy) is 2. The molecule has 12 heteroatoms. The van der Waals surface area contributed by atoms with Crippen LogP contribution in [0.25, 0.3) is 10.9 Å². The largest absolute Gasteiger partial charge is 0.495 e. The summed E-state index contributed by atoms with van der Waals surface area (Å²) < 4.78 is 48.7. The maximum Gasteiger partial charge on any atom is 0.495 e. The molecule has 4 aromatic rings. The van der Waals surface area contributed by atoms with E-state index in [4.69, 9.17) is 9.47 Å². The van der Waals surface area contributed by atoms with Crippen LogP contribution >= 0.6 is 0 Å². The standard InChI is InChI=1S/C29H28F3N3O6/c1-2-38-20-9-7-19(8-10-20)23(17-27(36)40-41-28(37)29(30,31)32)24-18-35-25-16-21(11-12-22(24)25)39-15-5-14-34-26-6-3-4-13-33-26/h3-4,6-13,16,18,23,35H,2,5,14-15,17H2,1H3,(H,33,34). The SMILES string of the molecule is CCOc1ccc(C(CC(=O)OOC(=O)C(F)(F)F)c2c[nH]c3cc(OCCCNc4ccccn4)ccc23)cc1. The average molecular weight is 572 g/mol. The number of alkyl halides is 3. The number of nitrogens with one attached hydrogen (secondary N) is 2. The van der Waals surface area contributed by atoms with E-state index in [1.807, 2.05) is 37.3 Å². The molecule has 0 aliphatic heterocycles. The molecule has 0 aliphatic carbocycles. The van der Waals surface area contributed by atoms with Crippen molar-refractivity contribution in [3.63, 3.8) is 0 Å². The Kier molecular flexibility index (Phi) is 9.67. The predicted molar refractivity (Wildman–Crippen MR) is 143 cm³/mol. The van der Waals surface area contributed by atoms with Crippen LogP contribution in [0.15, 0.2) is 73.1 Å². The Morgan fingerprint density at radius 1 is 1.00 bits per heavy atom. The molecule has 216 valence electrons. The molecule has 0 spiro atoms. The highest BCUT2D eigenvalue weighted by molar-refractivity contribution is 5.86. The first kappa shape index (κ1) is 29.2. The highest BCUT2D eigenvalue weighted by Gasteiger charge is 2.43. The lowest BCUT2D eigenvalue weighted by Gasteiger charge is -2.17. The van der Waals surface area contributed by atoms with Gasteiger partial charge in [0.1, 0.15) is 17.3 Å². The fourth-order valence-electron chi connectivity index (χ4n) is 4.15. The van der Waals surface area contributed by atoms with Crippen molar-refractivity contribution in [2.45, 2.75) is 31.9 Å². The fourth-order valence-corrected chi connectivity index (χ4v) is 4.15. The van der Waals surface area contributed by atoms with Crippen molar-refractivity contribution < 1.29 is 42.0 Å². The van der Waals surface area contributed by atoms with Crippen LogP contribution in [-0.2, 0) is 19.4 Å². The minimum atomic E-state index is -5.29. The number of aromatic nitrogens is 2. The molecule has 2 aromatic carbocycles. The molecule has 1 atom stereocenters. The molecule has 0 amide bonds. The van der Waals surface area contributed by atoms with Crippen molar-refractivity contribution in [1.29, 1.82) is 0 Å². The summed E-state index contributed by atoms with van der Waals surface area (Å²) >= 11 is 0. The van der Waals surface area contributed by atoms with Crippen LogP contribution in [0.4, 0.5) is 19.0 Å². The lowest BCUT2D eigenvalue weighted by atomic mass is 9.88. The number of carbonyl (C=O) groups excluding carboxylic acids is 2. The van der Waals surface area contributed by atoms with E-state index < -0.39 is 30.5 Å². The van der Waals surface area contributed by atoms with Gasteiger partial charge in [-0.2, -0.15) is 13.2 Å². The monoisotopic (exact) mass is 571 g/mol. The number of hydrogen-bond acceptors (Lipinski definition) is 8. The first-order valence-electron chi connectivity index (χ1n) is 12.8. The molecule has 0 saturated carbocycles. The zero-order chi connectivity index (χ0) is 29.2. The smallest absolute Gasteiger partial charge is 0.494 e. The van der Waals surface area contributed by atoms with E-state index in [1.165, 1.54) is 0 Å². The Morgan fingerprint density at radius 2 is 1.78 bits per heavy atom. The van der Waals surface area contributed by atoms with E-state index in [1.54, 1.807) is 42.7 Å². The Hall–Kier alpha value is -4.74. The molecule has 4 rings (SSSR count). The Morgan fingerprint density at radius 3 is 2.49 bits per heavy atom. The van der Waals surface area contributed by atoms with Crippen LogP contribution in [0.2, 0.25) is 0 Å². The molecule has 0 saturated heterocycles. The van der Waals surface area contributed by atoms with Gasteiger partial charge in [-0.15, -0.1) is 0 Å². The van der Waals surface area contributed by atoms with Crippen LogP contribution in [-0.4, -0.2) is 47.8 Å². The van der Waals surface area contributed by atoms with Gasteiger partial charge in [0.05, 0.1) is 19.6 Å². The maximum atomic E-state index is 12.4. The number of nitrogens with zero attached hydrogens (tertiary/aromatic N) is 1. The van der Waals surface area contributed by atoms with Crippen molar-refractivity contribution in [2.24, 2.45) is 0 Å². The molecule has 0 fully saturated rings. The first-order chi connectivity index (χ1) is 19.7. The van der Waals surface area contributed by atoms with Crippen LogP contribution in [0.1, 0.15) is 36.8 Å². The molecule has 9 nitrogen and oxygen atoms in total. The summed E-state index contributed by atoms with van der Waals surface area (Å²) in [6, 6.07) is 18.0. The molecule has 2 N–H and O–H groups in total. The molecule has 0 bridgehead atoms. The van der Waals surface area contributed by atoms with E-state index in [-0.39, 0.29) is 0 Å². The lowest BCUT2D eigenvalue weighted by molar-refractivity contribution is -0.285. The average Bonchev–Trinajstić information content (AvgIpc) is 3.38. The van der Waals surface area contributed by atoms with Crippen molar-refractivity contribution >= 4 is 28.7 Å². The second kappa shape index (κ2) is 13.6. The Balaban J connectivity index is 1.46. The number of carbonyl (C=O) groups is 2. The van der Waals surface area contributed by atoms with Gasteiger partial charge in [0.25, 0.3) is 0 Å². The topological polar surface area (TPSA) is 112 Å². The number of H-pyrrole nitrogens is 1. The number of pyridine rings is 1. The number of anilines is 1.